The van der Waals surface area contributed by atoms with Gasteiger partial charge in [0, 0.05) is 18.7 Å². The molecule has 20 heavy (non-hydrogen) atoms. The zero-order chi connectivity index (χ0) is 14.8. The number of amides is 2. The summed E-state index contributed by atoms with van der Waals surface area (Å²) in [5, 5.41) is 14.4. The first kappa shape index (κ1) is 14.3. The van der Waals surface area contributed by atoms with E-state index in [4.69, 9.17) is 4.74 Å². The van der Waals surface area contributed by atoms with Gasteiger partial charge in [-0.05, 0) is 37.1 Å². The van der Waals surface area contributed by atoms with E-state index >= 15 is 0 Å². The number of aryl methyl sites for hydroxylation is 2. The second kappa shape index (κ2) is 5.50. The van der Waals surface area contributed by atoms with Crippen LogP contribution in [0, 0.1) is 13.8 Å². The van der Waals surface area contributed by atoms with Gasteiger partial charge in [0.1, 0.15) is 0 Å². The Labute approximate surface area is 117 Å². The van der Waals surface area contributed by atoms with Crippen molar-refractivity contribution in [3.63, 3.8) is 0 Å². The predicted octanol–water partition coefficient (Wildman–Crippen LogP) is 1.67. The van der Waals surface area contributed by atoms with Crippen LogP contribution < -0.4 is 10.6 Å². The van der Waals surface area contributed by atoms with Gasteiger partial charge in [0.25, 0.3) is 0 Å². The Morgan fingerprint density at radius 3 is 2.40 bits per heavy atom. The van der Waals surface area contributed by atoms with Crippen molar-refractivity contribution in [2.45, 2.75) is 25.8 Å². The van der Waals surface area contributed by atoms with Crippen LogP contribution in [0.3, 0.4) is 0 Å². The lowest BCUT2D eigenvalue weighted by Crippen LogP contribution is -2.56. The predicted molar refractivity (Wildman–Crippen MR) is 73.9 cm³/mol. The summed E-state index contributed by atoms with van der Waals surface area (Å²) >= 11 is 0. The molecule has 0 aromatic heterocycles. The van der Waals surface area contributed by atoms with Crippen molar-refractivity contribution >= 4 is 17.7 Å². The molecule has 2 rings (SSSR count). The molecule has 1 aliphatic rings. The van der Waals surface area contributed by atoms with E-state index in [9.17, 15) is 14.7 Å². The zero-order valence-corrected chi connectivity index (χ0v) is 11.5. The highest BCUT2D eigenvalue weighted by atomic mass is 16.5. The van der Waals surface area contributed by atoms with E-state index in [0.717, 1.165) is 11.1 Å². The molecule has 1 fully saturated rings. The van der Waals surface area contributed by atoms with Gasteiger partial charge in [0.05, 0.1) is 6.61 Å². The number of carboxylic acids is 1. The molecule has 0 radical (unpaired) electrons. The minimum Gasteiger partial charge on any atom is -0.479 e. The molecule has 0 saturated carbocycles. The molecular formula is C14H18N2O4. The maximum Gasteiger partial charge on any atom is 0.332 e. The van der Waals surface area contributed by atoms with Gasteiger partial charge in [-0.25, -0.2) is 9.59 Å². The average molecular weight is 278 g/mol. The van der Waals surface area contributed by atoms with E-state index in [0.29, 0.717) is 12.3 Å². The Kier molecular flexibility index (Phi) is 3.94. The Bertz CT molecular complexity index is 516. The fourth-order valence-corrected chi connectivity index (χ4v) is 2.31. The standard InChI is InChI=1S/C14H18N2O4/c1-9-5-10(2)7-11(6-9)15-13(19)16-14(12(17)18)3-4-20-8-14/h5-7H,3-4,8H2,1-2H3,(H,17,18)(H2,15,16,19). The summed E-state index contributed by atoms with van der Waals surface area (Å²) in [5.74, 6) is -1.08. The second-order valence-electron chi connectivity index (χ2n) is 5.15. The van der Waals surface area contributed by atoms with Crippen molar-refractivity contribution in [2.24, 2.45) is 0 Å². The quantitative estimate of drug-likeness (QED) is 0.784. The van der Waals surface area contributed by atoms with E-state index < -0.39 is 17.5 Å². The third-order valence-electron chi connectivity index (χ3n) is 3.26. The van der Waals surface area contributed by atoms with E-state index in [2.05, 4.69) is 10.6 Å². The van der Waals surface area contributed by atoms with Gasteiger partial charge in [0.2, 0.25) is 0 Å². The molecule has 3 N–H and O–H groups in total. The largest absolute Gasteiger partial charge is 0.479 e. The number of nitrogens with one attached hydrogen (secondary N) is 2. The van der Waals surface area contributed by atoms with Crippen LogP contribution in [0.4, 0.5) is 10.5 Å². The molecule has 2 amide bonds. The number of benzene rings is 1. The fourth-order valence-electron chi connectivity index (χ4n) is 2.31. The number of hydrogen-bond acceptors (Lipinski definition) is 3. The van der Waals surface area contributed by atoms with Gasteiger partial charge in [-0.1, -0.05) is 6.07 Å². The van der Waals surface area contributed by atoms with Crippen LogP contribution in [0.15, 0.2) is 18.2 Å². The molecule has 1 heterocycles. The van der Waals surface area contributed by atoms with Gasteiger partial charge in [-0.2, -0.15) is 0 Å². The highest BCUT2D eigenvalue weighted by Crippen LogP contribution is 2.20. The van der Waals surface area contributed by atoms with Crippen molar-refractivity contribution in [2.75, 3.05) is 18.5 Å². The first-order valence-electron chi connectivity index (χ1n) is 6.40. The lowest BCUT2D eigenvalue weighted by Gasteiger charge is -2.23. The van der Waals surface area contributed by atoms with Crippen LogP contribution in [0.2, 0.25) is 0 Å². The van der Waals surface area contributed by atoms with E-state index in [1.54, 1.807) is 0 Å². The number of carbonyl (C=O) groups is 2. The smallest absolute Gasteiger partial charge is 0.332 e. The van der Waals surface area contributed by atoms with Crippen molar-refractivity contribution in [1.82, 2.24) is 5.32 Å². The van der Waals surface area contributed by atoms with Crippen LogP contribution in [0.1, 0.15) is 17.5 Å². The van der Waals surface area contributed by atoms with E-state index in [1.165, 1.54) is 0 Å². The van der Waals surface area contributed by atoms with Gasteiger partial charge < -0.3 is 20.5 Å². The number of carbonyl (C=O) groups excluding carboxylic acids is 1. The number of rotatable bonds is 3. The molecule has 0 bridgehead atoms. The second-order valence-corrected chi connectivity index (χ2v) is 5.15. The zero-order valence-electron chi connectivity index (χ0n) is 11.5. The van der Waals surface area contributed by atoms with E-state index in [1.807, 2.05) is 32.0 Å². The third kappa shape index (κ3) is 3.08. The average Bonchev–Trinajstić information content (AvgIpc) is 2.76. The number of ether oxygens (including phenoxy) is 1. The van der Waals surface area contributed by atoms with Gasteiger partial charge in [0.15, 0.2) is 5.54 Å². The highest BCUT2D eigenvalue weighted by molar-refractivity contribution is 5.94. The normalized spacial score (nSPS) is 21.5. The maximum atomic E-state index is 12.0. The van der Waals surface area contributed by atoms with Crippen molar-refractivity contribution in [3.8, 4) is 0 Å². The number of anilines is 1. The molecule has 6 nitrogen and oxygen atoms in total. The first-order chi connectivity index (χ1) is 9.41. The summed E-state index contributed by atoms with van der Waals surface area (Å²) in [6.07, 6.45) is 0.266. The lowest BCUT2D eigenvalue weighted by molar-refractivity contribution is -0.144. The molecule has 0 spiro atoms. The molecule has 1 saturated heterocycles. The number of hydrogen-bond donors (Lipinski definition) is 3. The van der Waals surface area contributed by atoms with Crippen molar-refractivity contribution in [1.29, 1.82) is 0 Å². The van der Waals surface area contributed by atoms with Crippen LogP contribution >= 0.6 is 0 Å². The topological polar surface area (TPSA) is 87.7 Å². The molecule has 1 aromatic carbocycles. The SMILES string of the molecule is Cc1cc(C)cc(NC(=O)NC2(C(=O)O)CCOC2)c1. The maximum absolute atomic E-state index is 12.0. The number of aliphatic carboxylic acids is 1. The summed E-state index contributed by atoms with van der Waals surface area (Å²) < 4.78 is 5.09. The molecule has 108 valence electrons. The monoisotopic (exact) mass is 278 g/mol. The third-order valence-corrected chi connectivity index (χ3v) is 3.26. The first-order valence-corrected chi connectivity index (χ1v) is 6.40. The molecule has 1 aromatic rings. The molecule has 1 unspecified atom stereocenters. The molecule has 0 aliphatic carbocycles. The Balaban J connectivity index is 2.06. The molecule has 1 aliphatic heterocycles. The van der Waals surface area contributed by atoms with Crippen LogP contribution in [0.5, 0.6) is 0 Å². The Morgan fingerprint density at radius 1 is 1.25 bits per heavy atom. The molecule has 1 atom stereocenters. The van der Waals surface area contributed by atoms with Crippen LogP contribution in [0.25, 0.3) is 0 Å². The number of carboxylic acid groups (broad SMARTS) is 1. The number of urea groups is 1. The lowest BCUT2D eigenvalue weighted by atomic mass is 9.99. The van der Waals surface area contributed by atoms with Gasteiger partial charge >= 0.3 is 12.0 Å². The van der Waals surface area contributed by atoms with Gasteiger partial charge in [-0.15, -0.1) is 0 Å². The summed E-state index contributed by atoms with van der Waals surface area (Å²) in [5.41, 5.74) is 1.36. The Morgan fingerprint density at radius 2 is 1.90 bits per heavy atom. The molecule has 6 heteroatoms. The van der Waals surface area contributed by atoms with Crippen molar-refractivity contribution in [3.05, 3.63) is 29.3 Å². The van der Waals surface area contributed by atoms with Crippen molar-refractivity contribution < 1.29 is 19.4 Å². The minimum atomic E-state index is -1.33. The minimum absolute atomic E-state index is 0.0113. The molecular weight excluding hydrogens is 260 g/mol. The van der Waals surface area contributed by atoms with Gasteiger partial charge in [-0.3, -0.25) is 0 Å². The summed E-state index contributed by atoms with van der Waals surface area (Å²) in [7, 11) is 0. The van der Waals surface area contributed by atoms with Crippen LogP contribution in [-0.2, 0) is 9.53 Å². The summed E-state index contributed by atoms with van der Waals surface area (Å²) in [6, 6.07) is 5.10. The Hall–Kier alpha value is -2.08. The van der Waals surface area contributed by atoms with Crippen LogP contribution in [-0.4, -0.2) is 35.9 Å². The summed E-state index contributed by atoms with van der Waals surface area (Å²) in [6.45, 7) is 4.18. The summed E-state index contributed by atoms with van der Waals surface area (Å²) in [4.78, 5) is 23.3. The fraction of sp³-hybridized carbons (Fsp3) is 0.429. The van der Waals surface area contributed by atoms with E-state index in [-0.39, 0.29) is 13.0 Å². The highest BCUT2D eigenvalue weighted by Gasteiger charge is 2.44.